The SMILES string of the molecule is CC1(C)c2ccccc2CCC1CCCN. The molecular formula is C15H23N. The summed E-state index contributed by atoms with van der Waals surface area (Å²) in [5.74, 6) is 0.797. The molecule has 1 unspecified atom stereocenters. The summed E-state index contributed by atoms with van der Waals surface area (Å²) in [5.41, 5.74) is 9.06. The normalized spacial score (nSPS) is 22.8. The van der Waals surface area contributed by atoms with Crippen LogP contribution in [0.25, 0.3) is 0 Å². The Hall–Kier alpha value is -0.820. The summed E-state index contributed by atoms with van der Waals surface area (Å²) < 4.78 is 0. The molecule has 1 atom stereocenters. The van der Waals surface area contributed by atoms with Crippen LogP contribution in [0.5, 0.6) is 0 Å². The molecule has 0 radical (unpaired) electrons. The molecule has 16 heavy (non-hydrogen) atoms. The fourth-order valence-corrected chi connectivity index (χ4v) is 3.15. The second kappa shape index (κ2) is 4.58. The molecule has 0 heterocycles. The average molecular weight is 217 g/mol. The number of aryl methyl sites for hydroxylation is 1. The third-order valence-electron chi connectivity index (χ3n) is 4.25. The maximum atomic E-state index is 5.63. The van der Waals surface area contributed by atoms with Gasteiger partial charge in [-0.1, -0.05) is 38.1 Å². The van der Waals surface area contributed by atoms with Gasteiger partial charge < -0.3 is 5.73 Å². The fourth-order valence-electron chi connectivity index (χ4n) is 3.15. The summed E-state index contributed by atoms with van der Waals surface area (Å²) in [6.07, 6.45) is 5.01. The molecule has 1 aromatic rings. The number of rotatable bonds is 3. The molecule has 0 aliphatic heterocycles. The van der Waals surface area contributed by atoms with E-state index in [1.54, 1.807) is 11.1 Å². The fraction of sp³-hybridized carbons (Fsp3) is 0.600. The van der Waals surface area contributed by atoms with Gasteiger partial charge in [0.15, 0.2) is 0 Å². The maximum Gasteiger partial charge on any atom is -0.00725 e. The van der Waals surface area contributed by atoms with Crippen molar-refractivity contribution in [2.75, 3.05) is 6.54 Å². The Morgan fingerprint density at radius 2 is 2.06 bits per heavy atom. The largest absolute Gasteiger partial charge is 0.330 e. The highest BCUT2D eigenvalue weighted by Gasteiger charge is 2.35. The van der Waals surface area contributed by atoms with E-state index in [0.29, 0.717) is 5.41 Å². The highest BCUT2D eigenvalue weighted by molar-refractivity contribution is 5.36. The van der Waals surface area contributed by atoms with Crippen LogP contribution in [-0.4, -0.2) is 6.54 Å². The third kappa shape index (κ3) is 2.01. The van der Waals surface area contributed by atoms with Crippen molar-refractivity contribution >= 4 is 0 Å². The summed E-state index contributed by atoms with van der Waals surface area (Å²) >= 11 is 0. The van der Waals surface area contributed by atoms with Gasteiger partial charge in [0.2, 0.25) is 0 Å². The first kappa shape index (κ1) is 11.7. The van der Waals surface area contributed by atoms with E-state index in [9.17, 15) is 0 Å². The minimum atomic E-state index is 0.323. The van der Waals surface area contributed by atoms with Crippen molar-refractivity contribution in [2.45, 2.75) is 44.9 Å². The van der Waals surface area contributed by atoms with E-state index in [4.69, 9.17) is 5.73 Å². The van der Waals surface area contributed by atoms with Crippen LogP contribution in [0.3, 0.4) is 0 Å². The standard InChI is InChI=1S/C15H23N/c1-15(2)13(7-5-11-16)10-9-12-6-3-4-8-14(12)15/h3-4,6,8,13H,5,7,9-11,16H2,1-2H3. The molecule has 0 saturated heterocycles. The molecule has 1 nitrogen and oxygen atoms in total. The van der Waals surface area contributed by atoms with Gasteiger partial charge in [0.05, 0.1) is 0 Å². The number of benzene rings is 1. The van der Waals surface area contributed by atoms with Crippen molar-refractivity contribution < 1.29 is 0 Å². The van der Waals surface area contributed by atoms with Gasteiger partial charge >= 0.3 is 0 Å². The zero-order chi connectivity index (χ0) is 11.6. The second-order valence-corrected chi connectivity index (χ2v) is 5.55. The first-order chi connectivity index (χ1) is 7.66. The summed E-state index contributed by atoms with van der Waals surface area (Å²) in [6.45, 7) is 5.62. The quantitative estimate of drug-likeness (QED) is 0.826. The Morgan fingerprint density at radius 1 is 1.31 bits per heavy atom. The third-order valence-corrected chi connectivity index (χ3v) is 4.25. The van der Waals surface area contributed by atoms with Gasteiger partial charge in [0.1, 0.15) is 0 Å². The molecule has 0 saturated carbocycles. The summed E-state index contributed by atoms with van der Waals surface area (Å²) in [7, 11) is 0. The minimum absolute atomic E-state index is 0.323. The average Bonchev–Trinajstić information content (AvgIpc) is 2.28. The Balaban J connectivity index is 2.24. The molecule has 2 N–H and O–H groups in total. The molecule has 0 fully saturated rings. The minimum Gasteiger partial charge on any atom is -0.330 e. The lowest BCUT2D eigenvalue weighted by atomic mass is 9.64. The summed E-state index contributed by atoms with van der Waals surface area (Å²) in [5, 5.41) is 0. The number of fused-ring (bicyclic) bond motifs is 1. The molecular weight excluding hydrogens is 194 g/mol. The van der Waals surface area contributed by atoms with Gasteiger partial charge in [-0.2, -0.15) is 0 Å². The highest BCUT2D eigenvalue weighted by Crippen LogP contribution is 2.42. The molecule has 0 amide bonds. The van der Waals surface area contributed by atoms with E-state index < -0.39 is 0 Å². The van der Waals surface area contributed by atoms with Crippen LogP contribution >= 0.6 is 0 Å². The van der Waals surface area contributed by atoms with Crippen LogP contribution < -0.4 is 5.73 Å². The van der Waals surface area contributed by atoms with Crippen LogP contribution in [0.2, 0.25) is 0 Å². The van der Waals surface area contributed by atoms with E-state index >= 15 is 0 Å². The van der Waals surface area contributed by atoms with Gasteiger partial charge in [-0.3, -0.25) is 0 Å². The van der Waals surface area contributed by atoms with Gasteiger partial charge in [0.25, 0.3) is 0 Å². The Bertz CT molecular complexity index is 354. The molecule has 88 valence electrons. The Labute approximate surface area is 99.0 Å². The topological polar surface area (TPSA) is 26.0 Å². The Morgan fingerprint density at radius 3 is 2.81 bits per heavy atom. The van der Waals surface area contributed by atoms with Gasteiger partial charge in [-0.05, 0) is 54.7 Å². The van der Waals surface area contributed by atoms with Crippen molar-refractivity contribution in [2.24, 2.45) is 11.7 Å². The Kier molecular flexibility index (Phi) is 3.34. The van der Waals surface area contributed by atoms with Crippen LogP contribution in [0, 0.1) is 5.92 Å². The first-order valence-corrected chi connectivity index (χ1v) is 6.44. The van der Waals surface area contributed by atoms with E-state index in [2.05, 4.69) is 38.1 Å². The number of hydrogen-bond acceptors (Lipinski definition) is 1. The number of nitrogens with two attached hydrogens (primary N) is 1. The monoisotopic (exact) mass is 217 g/mol. The summed E-state index contributed by atoms with van der Waals surface area (Å²) in [6, 6.07) is 8.93. The first-order valence-electron chi connectivity index (χ1n) is 6.44. The lowest BCUT2D eigenvalue weighted by Gasteiger charge is -2.40. The molecule has 1 heteroatoms. The van der Waals surface area contributed by atoms with E-state index in [-0.39, 0.29) is 0 Å². The van der Waals surface area contributed by atoms with E-state index in [1.165, 1.54) is 19.3 Å². The molecule has 2 rings (SSSR count). The second-order valence-electron chi connectivity index (χ2n) is 5.55. The van der Waals surface area contributed by atoms with Crippen molar-refractivity contribution in [3.8, 4) is 0 Å². The van der Waals surface area contributed by atoms with Crippen molar-refractivity contribution in [3.05, 3.63) is 35.4 Å². The van der Waals surface area contributed by atoms with Crippen LogP contribution in [-0.2, 0) is 11.8 Å². The maximum absolute atomic E-state index is 5.63. The molecule has 1 aromatic carbocycles. The van der Waals surface area contributed by atoms with Crippen LogP contribution in [0.4, 0.5) is 0 Å². The predicted molar refractivity (Wildman–Crippen MR) is 69.6 cm³/mol. The molecule has 0 spiro atoms. The predicted octanol–water partition coefficient (Wildman–Crippen LogP) is 3.27. The van der Waals surface area contributed by atoms with Gasteiger partial charge in [-0.15, -0.1) is 0 Å². The van der Waals surface area contributed by atoms with Crippen molar-refractivity contribution in [3.63, 3.8) is 0 Å². The van der Waals surface area contributed by atoms with Gasteiger partial charge in [-0.25, -0.2) is 0 Å². The van der Waals surface area contributed by atoms with E-state index in [0.717, 1.165) is 18.9 Å². The molecule has 0 bridgehead atoms. The van der Waals surface area contributed by atoms with Crippen molar-refractivity contribution in [1.82, 2.24) is 0 Å². The molecule has 1 aliphatic rings. The lowest BCUT2D eigenvalue weighted by molar-refractivity contribution is 0.257. The van der Waals surface area contributed by atoms with Crippen LogP contribution in [0.1, 0.15) is 44.2 Å². The van der Waals surface area contributed by atoms with Crippen molar-refractivity contribution in [1.29, 1.82) is 0 Å². The smallest absolute Gasteiger partial charge is 0.00725 e. The summed E-state index contributed by atoms with van der Waals surface area (Å²) in [4.78, 5) is 0. The number of hydrogen-bond donors (Lipinski definition) is 1. The van der Waals surface area contributed by atoms with Gasteiger partial charge in [0, 0.05) is 0 Å². The zero-order valence-electron chi connectivity index (χ0n) is 10.5. The molecule has 0 aromatic heterocycles. The molecule has 1 aliphatic carbocycles. The van der Waals surface area contributed by atoms with E-state index in [1.807, 2.05) is 0 Å². The zero-order valence-corrected chi connectivity index (χ0v) is 10.5. The van der Waals surface area contributed by atoms with Crippen LogP contribution in [0.15, 0.2) is 24.3 Å². The highest BCUT2D eigenvalue weighted by atomic mass is 14.5. The lowest BCUT2D eigenvalue weighted by Crippen LogP contribution is -2.34.